The maximum Gasteiger partial charge on any atom is 0.258 e. The van der Waals surface area contributed by atoms with Crippen molar-refractivity contribution >= 4 is 22.6 Å². The van der Waals surface area contributed by atoms with Gasteiger partial charge in [-0.05, 0) is 62.1 Å². The lowest BCUT2D eigenvalue weighted by Crippen LogP contribution is -2.35. The van der Waals surface area contributed by atoms with Crippen LogP contribution in [-0.2, 0) is 13.1 Å². The molecule has 1 aliphatic carbocycles. The van der Waals surface area contributed by atoms with E-state index in [0.29, 0.717) is 29.7 Å². The number of fused-ring (bicyclic) bond motifs is 2. The molecule has 1 aromatic heterocycles. The molecule has 2 fully saturated rings. The molecule has 0 bridgehead atoms. The van der Waals surface area contributed by atoms with Crippen molar-refractivity contribution in [2.45, 2.75) is 57.7 Å². The number of nitrogens with one attached hydrogen (secondary N) is 1. The smallest absolute Gasteiger partial charge is 0.258 e. The molecule has 3 heterocycles. The lowest BCUT2D eigenvalue weighted by atomic mass is 9.97. The maximum absolute atomic E-state index is 13.5. The lowest BCUT2D eigenvalue weighted by Gasteiger charge is -2.29. The summed E-state index contributed by atoms with van der Waals surface area (Å²) in [5.41, 5.74) is 3.27. The van der Waals surface area contributed by atoms with Gasteiger partial charge in [0, 0.05) is 43.5 Å². The van der Waals surface area contributed by atoms with E-state index in [0.717, 1.165) is 68.5 Å². The van der Waals surface area contributed by atoms with Crippen molar-refractivity contribution in [2.24, 2.45) is 5.92 Å². The van der Waals surface area contributed by atoms with Crippen LogP contribution < -0.4 is 4.74 Å². The number of amides is 1. The van der Waals surface area contributed by atoms with Crippen LogP contribution in [-0.4, -0.2) is 63.0 Å². The number of aromatic amines is 1. The SMILES string of the molecule is CN1CCC(Oc2ccc3c(c2)CN(C(=O)c2cc4c(C(=O)C5CCCC5)n[nH]c4cc2O)C3)CC1. The van der Waals surface area contributed by atoms with Crippen molar-refractivity contribution in [1.82, 2.24) is 20.0 Å². The first kappa shape index (κ1) is 23.0. The van der Waals surface area contributed by atoms with Crippen LogP contribution in [0.5, 0.6) is 11.5 Å². The van der Waals surface area contributed by atoms with Gasteiger partial charge < -0.3 is 19.6 Å². The minimum Gasteiger partial charge on any atom is -0.507 e. The predicted octanol–water partition coefficient (Wildman–Crippen LogP) is 4.27. The normalized spacial score (nSPS) is 19.2. The van der Waals surface area contributed by atoms with Crippen LogP contribution in [0.2, 0.25) is 0 Å². The van der Waals surface area contributed by atoms with Gasteiger partial charge in [-0.25, -0.2) is 0 Å². The number of hydrogen-bond acceptors (Lipinski definition) is 6. The molecule has 0 unspecified atom stereocenters. The standard InChI is InChI=1S/C28H32N4O4/c1-31-10-8-20(9-11-31)36-21-7-6-18-15-32(16-19(18)12-21)28(35)23-13-22-24(14-25(23)33)29-30-26(22)27(34)17-4-2-3-5-17/h6-7,12-14,17,20,33H,2-5,8-11,15-16H2,1H3,(H,29,30). The molecule has 0 radical (unpaired) electrons. The first-order chi connectivity index (χ1) is 17.5. The molecule has 0 spiro atoms. The van der Waals surface area contributed by atoms with Gasteiger partial charge in [0.15, 0.2) is 5.78 Å². The number of phenolic OH excluding ortho intramolecular Hbond substituents is 1. The third-order valence-electron chi connectivity index (χ3n) is 8.02. The number of aromatic hydroxyl groups is 1. The summed E-state index contributed by atoms with van der Waals surface area (Å²) in [6.45, 7) is 3.00. The fraction of sp³-hybridized carbons (Fsp3) is 0.464. The first-order valence-corrected chi connectivity index (χ1v) is 13.0. The van der Waals surface area contributed by atoms with E-state index >= 15 is 0 Å². The molecule has 2 aromatic carbocycles. The molecule has 2 N–H and O–H groups in total. The van der Waals surface area contributed by atoms with Crippen LogP contribution in [0.25, 0.3) is 10.9 Å². The summed E-state index contributed by atoms with van der Waals surface area (Å²) in [5.74, 6) is 0.481. The zero-order valence-corrected chi connectivity index (χ0v) is 20.6. The van der Waals surface area contributed by atoms with E-state index in [1.807, 2.05) is 18.2 Å². The van der Waals surface area contributed by atoms with Crippen LogP contribution >= 0.6 is 0 Å². The van der Waals surface area contributed by atoms with E-state index in [1.54, 1.807) is 11.0 Å². The van der Waals surface area contributed by atoms with Crippen molar-refractivity contribution < 1.29 is 19.4 Å². The Bertz CT molecular complexity index is 1320. The Morgan fingerprint density at radius 2 is 1.78 bits per heavy atom. The number of rotatable bonds is 5. The number of ketones is 1. The number of benzene rings is 2. The monoisotopic (exact) mass is 488 g/mol. The molecular weight excluding hydrogens is 456 g/mol. The zero-order valence-electron chi connectivity index (χ0n) is 20.6. The highest BCUT2D eigenvalue weighted by Gasteiger charge is 2.30. The van der Waals surface area contributed by atoms with Crippen LogP contribution in [0, 0.1) is 5.92 Å². The molecular formula is C28H32N4O4. The van der Waals surface area contributed by atoms with Gasteiger partial charge in [0.1, 0.15) is 23.3 Å². The number of carbonyl (C=O) groups excluding carboxylic acids is 2. The summed E-state index contributed by atoms with van der Waals surface area (Å²) in [4.78, 5) is 30.6. The molecule has 0 atom stereocenters. The topological polar surface area (TPSA) is 98.8 Å². The molecule has 3 aliphatic rings. The average Bonchev–Trinajstić information content (AvgIpc) is 3.63. The molecule has 188 valence electrons. The van der Waals surface area contributed by atoms with Gasteiger partial charge in [-0.1, -0.05) is 18.9 Å². The van der Waals surface area contributed by atoms with Crippen molar-refractivity contribution in [2.75, 3.05) is 20.1 Å². The minimum absolute atomic E-state index is 0.0107. The molecule has 1 saturated carbocycles. The quantitative estimate of drug-likeness (QED) is 0.521. The lowest BCUT2D eigenvalue weighted by molar-refractivity contribution is 0.0748. The highest BCUT2D eigenvalue weighted by Crippen LogP contribution is 2.34. The van der Waals surface area contributed by atoms with Gasteiger partial charge in [0.05, 0.1) is 11.1 Å². The fourth-order valence-electron chi connectivity index (χ4n) is 5.85. The molecule has 1 saturated heterocycles. The van der Waals surface area contributed by atoms with Crippen LogP contribution in [0.4, 0.5) is 0 Å². The largest absolute Gasteiger partial charge is 0.507 e. The van der Waals surface area contributed by atoms with Crippen LogP contribution in [0.15, 0.2) is 30.3 Å². The molecule has 3 aromatic rings. The zero-order chi connectivity index (χ0) is 24.8. The second kappa shape index (κ2) is 9.24. The molecule has 36 heavy (non-hydrogen) atoms. The molecule has 6 rings (SSSR count). The van der Waals surface area contributed by atoms with Crippen molar-refractivity contribution in [1.29, 1.82) is 0 Å². The van der Waals surface area contributed by atoms with Crippen LogP contribution in [0.3, 0.4) is 0 Å². The highest BCUT2D eigenvalue weighted by atomic mass is 16.5. The number of ether oxygens (including phenoxy) is 1. The second-order valence-electron chi connectivity index (χ2n) is 10.5. The fourth-order valence-corrected chi connectivity index (χ4v) is 5.85. The Morgan fingerprint density at radius 3 is 2.56 bits per heavy atom. The predicted molar refractivity (Wildman–Crippen MR) is 135 cm³/mol. The molecule has 8 heteroatoms. The van der Waals surface area contributed by atoms with E-state index < -0.39 is 0 Å². The third-order valence-corrected chi connectivity index (χ3v) is 8.02. The van der Waals surface area contributed by atoms with E-state index in [9.17, 15) is 14.7 Å². The van der Waals surface area contributed by atoms with Crippen LogP contribution in [0.1, 0.15) is 70.5 Å². The average molecular weight is 489 g/mol. The number of hydrogen-bond donors (Lipinski definition) is 2. The summed E-state index contributed by atoms with van der Waals surface area (Å²) in [6, 6.07) is 9.18. The molecule has 2 aliphatic heterocycles. The van der Waals surface area contributed by atoms with E-state index in [2.05, 4.69) is 22.1 Å². The minimum atomic E-state index is -0.260. The number of aromatic nitrogens is 2. The Morgan fingerprint density at radius 1 is 1.03 bits per heavy atom. The van der Waals surface area contributed by atoms with Gasteiger partial charge in [0.2, 0.25) is 0 Å². The number of phenols is 1. The summed E-state index contributed by atoms with van der Waals surface area (Å²) in [7, 11) is 2.13. The molecule has 1 amide bonds. The van der Waals surface area contributed by atoms with Gasteiger partial charge in [0.25, 0.3) is 5.91 Å². The summed E-state index contributed by atoms with van der Waals surface area (Å²) in [6.07, 6.45) is 6.13. The Balaban J connectivity index is 1.20. The van der Waals surface area contributed by atoms with Gasteiger partial charge >= 0.3 is 0 Å². The summed E-state index contributed by atoms with van der Waals surface area (Å²) in [5, 5.41) is 18.4. The number of Topliss-reactive ketones (excluding diaryl/α,β-unsaturated/α-hetero) is 1. The third kappa shape index (κ3) is 4.23. The number of likely N-dealkylation sites (tertiary alicyclic amines) is 1. The summed E-state index contributed by atoms with van der Waals surface area (Å²) >= 11 is 0. The Hall–Kier alpha value is -3.39. The van der Waals surface area contributed by atoms with E-state index in [-0.39, 0.29) is 35.0 Å². The first-order valence-electron chi connectivity index (χ1n) is 13.0. The van der Waals surface area contributed by atoms with Crippen molar-refractivity contribution in [3.63, 3.8) is 0 Å². The van der Waals surface area contributed by atoms with Crippen molar-refractivity contribution in [3.8, 4) is 11.5 Å². The van der Waals surface area contributed by atoms with E-state index in [1.165, 1.54) is 6.07 Å². The Kier molecular flexibility index (Phi) is 5.91. The van der Waals surface area contributed by atoms with Gasteiger partial charge in [-0.15, -0.1) is 0 Å². The van der Waals surface area contributed by atoms with Gasteiger partial charge in [-0.2, -0.15) is 5.10 Å². The summed E-state index contributed by atoms with van der Waals surface area (Å²) < 4.78 is 6.23. The number of piperidine rings is 1. The maximum atomic E-state index is 13.5. The highest BCUT2D eigenvalue weighted by molar-refractivity contribution is 6.10. The Labute approximate surface area is 210 Å². The van der Waals surface area contributed by atoms with Gasteiger partial charge in [-0.3, -0.25) is 14.7 Å². The van der Waals surface area contributed by atoms with Crippen molar-refractivity contribution in [3.05, 3.63) is 52.7 Å². The second-order valence-corrected chi connectivity index (χ2v) is 10.5. The number of nitrogens with zero attached hydrogens (tertiary/aromatic N) is 3. The molecule has 8 nitrogen and oxygen atoms in total. The number of H-pyrrole nitrogens is 1. The number of carbonyl (C=O) groups is 2. The van der Waals surface area contributed by atoms with E-state index in [4.69, 9.17) is 4.74 Å².